The van der Waals surface area contributed by atoms with Gasteiger partial charge >= 0.3 is 5.97 Å². The Morgan fingerprint density at radius 3 is 2.18 bits per heavy atom. The van der Waals surface area contributed by atoms with E-state index >= 15 is 0 Å². The summed E-state index contributed by atoms with van der Waals surface area (Å²) in [6.07, 6.45) is 0. The molecule has 0 aliphatic heterocycles. The summed E-state index contributed by atoms with van der Waals surface area (Å²) in [5, 5.41) is 11.9. The lowest BCUT2D eigenvalue weighted by Gasteiger charge is -2.12. The molecule has 0 saturated carbocycles. The zero-order chi connectivity index (χ0) is 15.8. The molecule has 1 amide bonds. The number of carbonyl (C=O) groups is 2. The van der Waals surface area contributed by atoms with Crippen LogP contribution >= 0.6 is 11.8 Å². The van der Waals surface area contributed by atoms with Crippen LogP contribution < -0.4 is 5.32 Å². The summed E-state index contributed by atoms with van der Waals surface area (Å²) in [7, 11) is 0. The average Bonchev–Trinajstić information content (AvgIpc) is 2.53. The minimum Gasteiger partial charge on any atom is -0.481 e. The zero-order valence-corrected chi connectivity index (χ0v) is 12.8. The second-order valence-corrected chi connectivity index (χ2v) is 5.78. The normalized spacial score (nSPS) is 11.6. The number of anilines is 1. The number of hydrogen-bond donors (Lipinski definition) is 2. The van der Waals surface area contributed by atoms with Gasteiger partial charge in [-0.05, 0) is 17.7 Å². The molecule has 2 aromatic carbocycles. The van der Waals surface area contributed by atoms with E-state index in [4.69, 9.17) is 0 Å². The van der Waals surface area contributed by atoms with E-state index in [-0.39, 0.29) is 5.75 Å². The quantitative estimate of drug-likeness (QED) is 0.770. The number of hydrogen-bond acceptors (Lipinski definition) is 3. The van der Waals surface area contributed by atoms with Crippen LogP contribution in [-0.2, 0) is 15.3 Å². The molecule has 2 N–H and O–H groups in total. The van der Waals surface area contributed by atoms with Crippen molar-refractivity contribution in [2.75, 3.05) is 11.1 Å². The Bertz CT molecular complexity index is 616. The van der Waals surface area contributed by atoms with Crippen molar-refractivity contribution in [2.24, 2.45) is 5.92 Å². The predicted octanol–water partition coefficient (Wildman–Crippen LogP) is 3.26. The molecule has 0 radical (unpaired) electrons. The van der Waals surface area contributed by atoms with Crippen LogP contribution in [0.1, 0.15) is 5.56 Å². The molecule has 0 heterocycles. The highest BCUT2D eigenvalue weighted by Crippen LogP contribution is 2.17. The molecule has 1 unspecified atom stereocenters. The Hall–Kier alpha value is -2.27. The Balaban J connectivity index is 1.89. The number of carboxylic acid groups (broad SMARTS) is 1. The first-order valence-electron chi connectivity index (χ1n) is 6.87. The Morgan fingerprint density at radius 1 is 1.00 bits per heavy atom. The van der Waals surface area contributed by atoms with Crippen molar-refractivity contribution in [1.29, 1.82) is 0 Å². The van der Waals surface area contributed by atoms with Crippen molar-refractivity contribution in [3.05, 3.63) is 66.2 Å². The highest BCUT2D eigenvalue weighted by atomic mass is 32.2. The average molecular weight is 315 g/mol. The lowest BCUT2D eigenvalue weighted by atomic mass is 10.1. The number of benzene rings is 2. The van der Waals surface area contributed by atoms with Crippen LogP contribution in [0.25, 0.3) is 0 Å². The molecule has 2 rings (SSSR count). The van der Waals surface area contributed by atoms with Gasteiger partial charge in [-0.25, -0.2) is 0 Å². The maximum Gasteiger partial charge on any atom is 0.316 e. The molecule has 0 saturated heterocycles. The van der Waals surface area contributed by atoms with Crippen LogP contribution in [0.2, 0.25) is 0 Å². The smallest absolute Gasteiger partial charge is 0.316 e. The first-order valence-corrected chi connectivity index (χ1v) is 8.02. The van der Waals surface area contributed by atoms with Gasteiger partial charge in [-0.15, -0.1) is 0 Å². The minimum absolute atomic E-state index is 0.239. The number of carbonyl (C=O) groups excluding carboxylic acids is 1. The molecule has 0 spiro atoms. The third-order valence-electron chi connectivity index (χ3n) is 3.05. The summed E-state index contributed by atoms with van der Waals surface area (Å²) < 4.78 is 0. The molecule has 5 heteroatoms. The third kappa shape index (κ3) is 4.93. The van der Waals surface area contributed by atoms with Crippen LogP contribution in [0.15, 0.2) is 60.7 Å². The van der Waals surface area contributed by atoms with Gasteiger partial charge in [0.25, 0.3) is 0 Å². The van der Waals surface area contributed by atoms with E-state index in [0.717, 1.165) is 5.56 Å². The maximum absolute atomic E-state index is 12.1. The van der Waals surface area contributed by atoms with Gasteiger partial charge in [0.05, 0.1) is 0 Å². The van der Waals surface area contributed by atoms with Crippen LogP contribution in [0, 0.1) is 5.92 Å². The van der Waals surface area contributed by atoms with E-state index in [2.05, 4.69) is 5.32 Å². The van der Waals surface area contributed by atoms with E-state index in [9.17, 15) is 14.7 Å². The first-order chi connectivity index (χ1) is 10.7. The molecular formula is C17H17NO3S. The fourth-order valence-electron chi connectivity index (χ4n) is 1.88. The van der Waals surface area contributed by atoms with Gasteiger partial charge in [0.1, 0.15) is 5.92 Å². The first kappa shape index (κ1) is 16.1. The van der Waals surface area contributed by atoms with Crippen LogP contribution in [-0.4, -0.2) is 22.7 Å². The molecule has 0 aliphatic rings. The van der Waals surface area contributed by atoms with Crippen molar-refractivity contribution in [3.8, 4) is 0 Å². The van der Waals surface area contributed by atoms with Crippen molar-refractivity contribution in [3.63, 3.8) is 0 Å². The molecule has 0 aliphatic carbocycles. The fourth-order valence-corrected chi connectivity index (χ4v) is 2.95. The molecule has 0 aromatic heterocycles. The van der Waals surface area contributed by atoms with Crippen molar-refractivity contribution >= 4 is 29.3 Å². The summed E-state index contributed by atoms with van der Waals surface area (Å²) >= 11 is 1.44. The Labute approximate surface area is 133 Å². The topological polar surface area (TPSA) is 66.4 Å². The van der Waals surface area contributed by atoms with E-state index in [1.165, 1.54) is 11.8 Å². The lowest BCUT2D eigenvalue weighted by molar-refractivity contribution is -0.144. The number of para-hydroxylation sites is 1. The van der Waals surface area contributed by atoms with E-state index in [1.807, 2.05) is 36.4 Å². The maximum atomic E-state index is 12.1. The highest BCUT2D eigenvalue weighted by Gasteiger charge is 2.26. The van der Waals surface area contributed by atoms with Crippen LogP contribution in [0.3, 0.4) is 0 Å². The third-order valence-corrected chi connectivity index (χ3v) is 4.16. The van der Waals surface area contributed by atoms with Crippen molar-refractivity contribution in [1.82, 2.24) is 0 Å². The number of aliphatic carboxylic acids is 1. The highest BCUT2D eigenvalue weighted by molar-refractivity contribution is 7.98. The molecule has 2 aromatic rings. The Kier molecular flexibility index (Phi) is 6.03. The summed E-state index contributed by atoms with van der Waals surface area (Å²) in [5.74, 6) is -1.73. The van der Waals surface area contributed by atoms with Crippen molar-refractivity contribution < 1.29 is 14.7 Å². The van der Waals surface area contributed by atoms with Gasteiger partial charge in [-0.3, -0.25) is 9.59 Å². The second kappa shape index (κ2) is 8.24. The van der Waals surface area contributed by atoms with Gasteiger partial charge in [0.2, 0.25) is 5.91 Å². The van der Waals surface area contributed by atoms with E-state index in [0.29, 0.717) is 11.4 Å². The SMILES string of the molecule is O=C(O)C(CSCc1ccccc1)C(=O)Nc1ccccc1. The van der Waals surface area contributed by atoms with Gasteiger partial charge in [0, 0.05) is 17.2 Å². The number of thioether (sulfide) groups is 1. The number of rotatable bonds is 7. The number of carboxylic acids is 1. The van der Waals surface area contributed by atoms with E-state index < -0.39 is 17.8 Å². The molecule has 22 heavy (non-hydrogen) atoms. The van der Waals surface area contributed by atoms with E-state index in [1.54, 1.807) is 24.3 Å². The largest absolute Gasteiger partial charge is 0.481 e. The zero-order valence-electron chi connectivity index (χ0n) is 11.9. The lowest BCUT2D eigenvalue weighted by Crippen LogP contribution is -2.31. The fraction of sp³-hybridized carbons (Fsp3) is 0.176. The number of nitrogens with one attached hydrogen (secondary N) is 1. The summed E-state index contributed by atoms with van der Waals surface area (Å²) in [6, 6.07) is 18.6. The van der Waals surface area contributed by atoms with Gasteiger partial charge in [-0.2, -0.15) is 11.8 Å². The van der Waals surface area contributed by atoms with Gasteiger partial charge in [0.15, 0.2) is 0 Å². The molecule has 0 fully saturated rings. The van der Waals surface area contributed by atoms with Crippen LogP contribution in [0.5, 0.6) is 0 Å². The summed E-state index contributed by atoms with van der Waals surface area (Å²) in [5.41, 5.74) is 1.71. The standard InChI is InChI=1S/C17H17NO3S/c19-16(18-14-9-5-2-6-10-14)15(17(20)21)12-22-11-13-7-3-1-4-8-13/h1-10,15H,11-12H2,(H,18,19)(H,20,21). The molecule has 0 bridgehead atoms. The summed E-state index contributed by atoms with van der Waals surface area (Å²) in [6.45, 7) is 0. The molecular weight excluding hydrogens is 298 g/mol. The van der Waals surface area contributed by atoms with Crippen molar-refractivity contribution in [2.45, 2.75) is 5.75 Å². The predicted molar refractivity (Wildman–Crippen MR) is 88.8 cm³/mol. The number of amides is 1. The van der Waals surface area contributed by atoms with Gasteiger partial charge in [-0.1, -0.05) is 48.5 Å². The molecule has 114 valence electrons. The molecule has 1 atom stereocenters. The summed E-state index contributed by atoms with van der Waals surface area (Å²) in [4.78, 5) is 23.4. The monoisotopic (exact) mass is 315 g/mol. The molecule has 4 nitrogen and oxygen atoms in total. The second-order valence-electron chi connectivity index (χ2n) is 4.75. The Morgan fingerprint density at radius 2 is 1.59 bits per heavy atom. The van der Waals surface area contributed by atoms with Gasteiger partial charge < -0.3 is 10.4 Å². The van der Waals surface area contributed by atoms with Crippen LogP contribution in [0.4, 0.5) is 5.69 Å². The minimum atomic E-state index is -1.10.